The van der Waals surface area contributed by atoms with Gasteiger partial charge < -0.3 is 24.2 Å². The first kappa shape index (κ1) is 18.0. The number of amides is 3. The van der Waals surface area contributed by atoms with E-state index in [0.717, 1.165) is 5.56 Å². The van der Waals surface area contributed by atoms with Crippen molar-refractivity contribution >= 4 is 17.7 Å². The van der Waals surface area contributed by atoms with Crippen LogP contribution in [0.15, 0.2) is 18.2 Å². The SMILES string of the molecule is CC(=O)N1CCN(C(=O)CN(Cc2ccc3c(c2)OCO3)C(C)=O)CC1. The summed E-state index contributed by atoms with van der Waals surface area (Å²) in [6.45, 7) is 5.57. The van der Waals surface area contributed by atoms with Crippen molar-refractivity contribution in [2.24, 2.45) is 0 Å². The van der Waals surface area contributed by atoms with Gasteiger partial charge in [-0.25, -0.2) is 0 Å². The summed E-state index contributed by atoms with van der Waals surface area (Å²) < 4.78 is 10.6. The molecule has 2 aliphatic heterocycles. The van der Waals surface area contributed by atoms with Gasteiger partial charge in [0.2, 0.25) is 24.5 Å². The predicted octanol–water partition coefficient (Wildman–Crippen LogP) is 0.455. The van der Waals surface area contributed by atoms with Gasteiger partial charge in [0.1, 0.15) is 6.54 Å². The number of rotatable bonds is 4. The van der Waals surface area contributed by atoms with Crippen LogP contribution in [0.25, 0.3) is 0 Å². The highest BCUT2D eigenvalue weighted by atomic mass is 16.7. The Kier molecular flexibility index (Phi) is 5.29. The minimum Gasteiger partial charge on any atom is -0.454 e. The number of benzene rings is 1. The Morgan fingerprint density at radius 3 is 2.31 bits per heavy atom. The Hall–Kier alpha value is -2.77. The average Bonchev–Trinajstić information content (AvgIpc) is 3.08. The lowest BCUT2D eigenvalue weighted by Gasteiger charge is -2.35. The van der Waals surface area contributed by atoms with E-state index in [1.165, 1.54) is 18.7 Å². The zero-order valence-corrected chi connectivity index (χ0v) is 15.1. The molecule has 0 atom stereocenters. The number of piperazine rings is 1. The second-order valence-electron chi connectivity index (χ2n) is 6.45. The molecule has 2 aliphatic rings. The summed E-state index contributed by atoms with van der Waals surface area (Å²) in [4.78, 5) is 40.9. The van der Waals surface area contributed by atoms with Crippen molar-refractivity contribution in [3.8, 4) is 11.5 Å². The molecule has 1 fully saturated rings. The molecule has 26 heavy (non-hydrogen) atoms. The Bertz CT molecular complexity index is 713. The molecule has 8 heteroatoms. The Morgan fingerprint density at radius 1 is 1.00 bits per heavy atom. The standard InChI is InChI=1S/C18H23N3O5/c1-13(22)19-5-7-20(8-6-19)18(24)11-21(14(2)23)10-15-3-4-16-17(9-15)26-12-25-16/h3-4,9H,5-8,10-12H2,1-2H3. The zero-order chi connectivity index (χ0) is 18.7. The molecule has 0 N–H and O–H groups in total. The van der Waals surface area contributed by atoms with Gasteiger partial charge in [-0.15, -0.1) is 0 Å². The van der Waals surface area contributed by atoms with E-state index in [-0.39, 0.29) is 31.1 Å². The number of fused-ring (bicyclic) bond motifs is 1. The molecular formula is C18H23N3O5. The van der Waals surface area contributed by atoms with E-state index in [1.54, 1.807) is 15.9 Å². The molecular weight excluding hydrogens is 338 g/mol. The van der Waals surface area contributed by atoms with Crippen molar-refractivity contribution in [2.45, 2.75) is 20.4 Å². The summed E-state index contributed by atoms with van der Waals surface area (Å²) in [6.07, 6.45) is 0. The zero-order valence-electron chi connectivity index (χ0n) is 15.1. The third-order valence-electron chi connectivity index (χ3n) is 4.66. The third-order valence-corrected chi connectivity index (χ3v) is 4.66. The van der Waals surface area contributed by atoms with Gasteiger partial charge in [0, 0.05) is 46.6 Å². The fraction of sp³-hybridized carbons (Fsp3) is 0.500. The number of hydrogen-bond donors (Lipinski definition) is 0. The molecule has 140 valence electrons. The van der Waals surface area contributed by atoms with Gasteiger partial charge in [0.05, 0.1) is 0 Å². The second-order valence-corrected chi connectivity index (χ2v) is 6.45. The lowest BCUT2D eigenvalue weighted by atomic mass is 10.2. The fourth-order valence-corrected chi connectivity index (χ4v) is 3.07. The van der Waals surface area contributed by atoms with Crippen molar-refractivity contribution in [3.63, 3.8) is 0 Å². The second kappa shape index (κ2) is 7.63. The number of hydrogen-bond acceptors (Lipinski definition) is 5. The lowest BCUT2D eigenvalue weighted by molar-refractivity contribution is -0.142. The van der Waals surface area contributed by atoms with E-state index in [2.05, 4.69) is 0 Å². The van der Waals surface area contributed by atoms with Crippen LogP contribution in [-0.4, -0.2) is 71.9 Å². The molecule has 3 amide bonds. The van der Waals surface area contributed by atoms with Crippen LogP contribution < -0.4 is 9.47 Å². The minimum atomic E-state index is -0.168. The smallest absolute Gasteiger partial charge is 0.242 e. The molecule has 1 saturated heterocycles. The van der Waals surface area contributed by atoms with Crippen molar-refractivity contribution in [1.82, 2.24) is 14.7 Å². The van der Waals surface area contributed by atoms with E-state index in [9.17, 15) is 14.4 Å². The molecule has 0 aromatic heterocycles. The Morgan fingerprint density at radius 2 is 1.65 bits per heavy atom. The first-order valence-corrected chi connectivity index (χ1v) is 8.61. The Balaban J connectivity index is 1.59. The topological polar surface area (TPSA) is 79.4 Å². The minimum absolute atomic E-state index is 0.0177. The van der Waals surface area contributed by atoms with Gasteiger partial charge in [-0.2, -0.15) is 0 Å². The quantitative estimate of drug-likeness (QED) is 0.778. The van der Waals surface area contributed by atoms with Crippen LogP contribution in [0.3, 0.4) is 0 Å². The number of ether oxygens (including phenoxy) is 2. The van der Waals surface area contributed by atoms with E-state index >= 15 is 0 Å². The van der Waals surface area contributed by atoms with Crippen LogP contribution in [0.4, 0.5) is 0 Å². The molecule has 0 radical (unpaired) electrons. The van der Waals surface area contributed by atoms with Crippen molar-refractivity contribution in [1.29, 1.82) is 0 Å². The van der Waals surface area contributed by atoms with Gasteiger partial charge in [-0.3, -0.25) is 14.4 Å². The van der Waals surface area contributed by atoms with Crippen LogP contribution >= 0.6 is 0 Å². The van der Waals surface area contributed by atoms with E-state index in [0.29, 0.717) is 44.2 Å². The molecule has 0 bridgehead atoms. The van der Waals surface area contributed by atoms with Gasteiger partial charge in [0.25, 0.3) is 0 Å². The monoisotopic (exact) mass is 361 g/mol. The highest BCUT2D eigenvalue weighted by molar-refractivity contribution is 5.84. The molecule has 3 rings (SSSR count). The summed E-state index contributed by atoms with van der Waals surface area (Å²) in [5, 5.41) is 0. The largest absolute Gasteiger partial charge is 0.454 e. The third kappa shape index (κ3) is 4.07. The molecule has 0 unspecified atom stereocenters. The van der Waals surface area contributed by atoms with Gasteiger partial charge in [-0.05, 0) is 17.7 Å². The van der Waals surface area contributed by atoms with Crippen molar-refractivity contribution < 1.29 is 23.9 Å². The highest BCUT2D eigenvalue weighted by Crippen LogP contribution is 2.32. The van der Waals surface area contributed by atoms with Crippen LogP contribution in [0, 0.1) is 0 Å². The highest BCUT2D eigenvalue weighted by Gasteiger charge is 2.25. The van der Waals surface area contributed by atoms with Crippen LogP contribution in [0.1, 0.15) is 19.4 Å². The van der Waals surface area contributed by atoms with Gasteiger partial charge in [-0.1, -0.05) is 6.07 Å². The predicted molar refractivity (Wildman–Crippen MR) is 92.5 cm³/mol. The van der Waals surface area contributed by atoms with E-state index in [4.69, 9.17) is 9.47 Å². The van der Waals surface area contributed by atoms with E-state index < -0.39 is 0 Å². The normalized spacial score (nSPS) is 15.8. The number of nitrogens with zero attached hydrogens (tertiary/aromatic N) is 3. The summed E-state index contributed by atoms with van der Waals surface area (Å²) >= 11 is 0. The summed E-state index contributed by atoms with van der Waals surface area (Å²) in [5.41, 5.74) is 0.874. The van der Waals surface area contributed by atoms with Crippen LogP contribution in [-0.2, 0) is 20.9 Å². The summed E-state index contributed by atoms with van der Waals surface area (Å²) in [6, 6.07) is 5.49. The number of carbonyl (C=O) groups is 3. The lowest BCUT2D eigenvalue weighted by Crippen LogP contribution is -2.52. The van der Waals surface area contributed by atoms with Crippen molar-refractivity contribution in [2.75, 3.05) is 39.5 Å². The van der Waals surface area contributed by atoms with Gasteiger partial charge in [0.15, 0.2) is 11.5 Å². The molecule has 0 saturated carbocycles. The van der Waals surface area contributed by atoms with E-state index in [1.807, 2.05) is 12.1 Å². The first-order valence-electron chi connectivity index (χ1n) is 8.61. The first-order chi connectivity index (χ1) is 12.4. The summed E-state index contributed by atoms with van der Waals surface area (Å²) in [7, 11) is 0. The van der Waals surface area contributed by atoms with Crippen molar-refractivity contribution in [3.05, 3.63) is 23.8 Å². The molecule has 8 nitrogen and oxygen atoms in total. The van der Waals surface area contributed by atoms with Gasteiger partial charge >= 0.3 is 0 Å². The molecule has 1 aromatic carbocycles. The summed E-state index contributed by atoms with van der Waals surface area (Å²) in [5.74, 6) is 1.08. The average molecular weight is 361 g/mol. The molecule has 0 aliphatic carbocycles. The Labute approximate surface area is 152 Å². The molecule has 0 spiro atoms. The maximum Gasteiger partial charge on any atom is 0.242 e. The fourth-order valence-electron chi connectivity index (χ4n) is 3.07. The van der Waals surface area contributed by atoms with Crippen LogP contribution in [0.2, 0.25) is 0 Å². The van der Waals surface area contributed by atoms with Crippen LogP contribution in [0.5, 0.6) is 11.5 Å². The number of carbonyl (C=O) groups excluding carboxylic acids is 3. The molecule has 2 heterocycles. The maximum atomic E-state index is 12.6. The maximum absolute atomic E-state index is 12.6. The molecule has 1 aromatic rings.